The van der Waals surface area contributed by atoms with Crippen LogP contribution in [0.5, 0.6) is 11.5 Å². The Balaban J connectivity index is 1.58. The standard InChI is InChI=1S/C21H19FN2O2/c1-15(21(25)24-20-10-6-5-9-19(20)22)23-16-11-13-18(14-12-16)26-17-7-3-2-4-8-17/h2-15,23H,1H3,(H,24,25). The van der Waals surface area contributed by atoms with Gasteiger partial charge in [0.2, 0.25) is 5.91 Å². The first-order valence-electron chi connectivity index (χ1n) is 8.27. The van der Waals surface area contributed by atoms with E-state index < -0.39 is 11.9 Å². The molecule has 0 saturated heterocycles. The summed E-state index contributed by atoms with van der Waals surface area (Å²) in [6, 6.07) is 22.3. The van der Waals surface area contributed by atoms with Gasteiger partial charge in [-0.3, -0.25) is 4.79 Å². The highest BCUT2D eigenvalue weighted by molar-refractivity contribution is 5.96. The molecule has 3 aromatic rings. The number of benzene rings is 3. The van der Waals surface area contributed by atoms with Gasteiger partial charge >= 0.3 is 0 Å². The third-order valence-electron chi connectivity index (χ3n) is 3.74. The molecule has 1 unspecified atom stereocenters. The van der Waals surface area contributed by atoms with Crippen molar-refractivity contribution in [1.82, 2.24) is 0 Å². The lowest BCUT2D eigenvalue weighted by molar-refractivity contribution is -0.116. The summed E-state index contributed by atoms with van der Waals surface area (Å²) >= 11 is 0. The topological polar surface area (TPSA) is 50.4 Å². The molecule has 0 fully saturated rings. The fourth-order valence-electron chi connectivity index (χ4n) is 2.36. The summed E-state index contributed by atoms with van der Waals surface area (Å²) in [5.74, 6) is 0.672. The van der Waals surface area contributed by atoms with Gasteiger partial charge in [0.25, 0.3) is 0 Å². The highest BCUT2D eigenvalue weighted by Gasteiger charge is 2.14. The van der Waals surface area contributed by atoms with Gasteiger partial charge in [0.1, 0.15) is 23.4 Å². The number of para-hydroxylation sites is 2. The normalized spacial score (nSPS) is 11.5. The molecule has 3 aromatic carbocycles. The molecule has 0 bridgehead atoms. The highest BCUT2D eigenvalue weighted by Crippen LogP contribution is 2.23. The zero-order chi connectivity index (χ0) is 18.4. The maximum atomic E-state index is 13.6. The molecule has 0 saturated carbocycles. The predicted molar refractivity (Wildman–Crippen MR) is 101 cm³/mol. The maximum Gasteiger partial charge on any atom is 0.246 e. The number of amides is 1. The van der Waals surface area contributed by atoms with Crippen LogP contribution in [-0.2, 0) is 4.79 Å². The second-order valence-corrected chi connectivity index (χ2v) is 5.77. The van der Waals surface area contributed by atoms with Crippen molar-refractivity contribution < 1.29 is 13.9 Å². The minimum Gasteiger partial charge on any atom is -0.457 e. The molecule has 1 atom stereocenters. The molecule has 0 aromatic heterocycles. The van der Waals surface area contributed by atoms with Crippen LogP contribution in [0.15, 0.2) is 78.9 Å². The largest absolute Gasteiger partial charge is 0.457 e. The van der Waals surface area contributed by atoms with E-state index in [0.29, 0.717) is 5.75 Å². The van der Waals surface area contributed by atoms with Crippen LogP contribution in [-0.4, -0.2) is 11.9 Å². The summed E-state index contributed by atoms with van der Waals surface area (Å²) in [5.41, 5.74) is 0.930. The van der Waals surface area contributed by atoms with Crippen LogP contribution in [0.4, 0.5) is 15.8 Å². The van der Waals surface area contributed by atoms with Crippen LogP contribution in [0, 0.1) is 5.82 Å². The molecule has 3 rings (SSSR count). The lowest BCUT2D eigenvalue weighted by atomic mass is 10.2. The Morgan fingerprint density at radius 1 is 0.885 bits per heavy atom. The average Bonchev–Trinajstić information content (AvgIpc) is 2.66. The van der Waals surface area contributed by atoms with Crippen molar-refractivity contribution in [2.45, 2.75) is 13.0 Å². The smallest absolute Gasteiger partial charge is 0.246 e. The number of hydrogen-bond donors (Lipinski definition) is 2. The third kappa shape index (κ3) is 4.60. The van der Waals surface area contributed by atoms with Crippen molar-refractivity contribution in [2.24, 2.45) is 0 Å². The van der Waals surface area contributed by atoms with Gasteiger partial charge in [-0.25, -0.2) is 4.39 Å². The monoisotopic (exact) mass is 350 g/mol. The summed E-state index contributed by atoms with van der Waals surface area (Å²) < 4.78 is 19.3. The van der Waals surface area contributed by atoms with Gasteiger partial charge in [0.05, 0.1) is 5.69 Å². The van der Waals surface area contributed by atoms with Crippen LogP contribution in [0.1, 0.15) is 6.92 Å². The molecule has 0 radical (unpaired) electrons. The van der Waals surface area contributed by atoms with Gasteiger partial charge in [0.15, 0.2) is 0 Å². The van der Waals surface area contributed by atoms with E-state index in [1.165, 1.54) is 12.1 Å². The molecule has 0 aliphatic heterocycles. The number of anilines is 2. The van der Waals surface area contributed by atoms with Gasteiger partial charge in [-0.05, 0) is 55.5 Å². The van der Waals surface area contributed by atoms with E-state index in [-0.39, 0.29) is 11.6 Å². The Kier molecular flexibility index (Phi) is 5.49. The fourth-order valence-corrected chi connectivity index (χ4v) is 2.36. The Bertz CT molecular complexity index is 867. The molecular weight excluding hydrogens is 331 g/mol. The lowest BCUT2D eigenvalue weighted by Crippen LogP contribution is -2.32. The van der Waals surface area contributed by atoms with Crippen molar-refractivity contribution >= 4 is 17.3 Å². The van der Waals surface area contributed by atoms with E-state index in [4.69, 9.17) is 4.74 Å². The van der Waals surface area contributed by atoms with Gasteiger partial charge < -0.3 is 15.4 Å². The van der Waals surface area contributed by atoms with E-state index in [2.05, 4.69) is 10.6 Å². The molecule has 132 valence electrons. The van der Waals surface area contributed by atoms with E-state index in [1.54, 1.807) is 19.1 Å². The Morgan fingerprint density at radius 3 is 2.19 bits per heavy atom. The molecule has 1 amide bonds. The van der Waals surface area contributed by atoms with Gasteiger partial charge in [-0.15, -0.1) is 0 Å². The minimum absolute atomic E-state index is 0.165. The van der Waals surface area contributed by atoms with Crippen molar-refractivity contribution in [1.29, 1.82) is 0 Å². The number of nitrogens with one attached hydrogen (secondary N) is 2. The Hall–Kier alpha value is -3.34. The molecule has 0 aliphatic rings. The summed E-state index contributed by atoms with van der Waals surface area (Å²) in [6.07, 6.45) is 0. The number of rotatable bonds is 6. The number of ether oxygens (including phenoxy) is 1. The molecule has 0 spiro atoms. The van der Waals surface area contributed by atoms with Crippen LogP contribution in [0.2, 0.25) is 0 Å². The highest BCUT2D eigenvalue weighted by atomic mass is 19.1. The number of halogens is 1. The lowest BCUT2D eigenvalue weighted by Gasteiger charge is -2.16. The van der Waals surface area contributed by atoms with Crippen molar-refractivity contribution in [2.75, 3.05) is 10.6 Å². The van der Waals surface area contributed by atoms with Crippen molar-refractivity contribution in [3.8, 4) is 11.5 Å². The van der Waals surface area contributed by atoms with E-state index in [1.807, 2.05) is 54.6 Å². The van der Waals surface area contributed by atoms with Gasteiger partial charge in [0, 0.05) is 5.69 Å². The van der Waals surface area contributed by atoms with Gasteiger partial charge in [-0.2, -0.15) is 0 Å². The van der Waals surface area contributed by atoms with E-state index in [9.17, 15) is 9.18 Å². The third-order valence-corrected chi connectivity index (χ3v) is 3.74. The molecule has 0 aliphatic carbocycles. The number of hydrogen-bond acceptors (Lipinski definition) is 3. The zero-order valence-electron chi connectivity index (χ0n) is 14.3. The van der Waals surface area contributed by atoms with Crippen LogP contribution >= 0.6 is 0 Å². The summed E-state index contributed by atoms with van der Waals surface area (Å²) in [5, 5.41) is 5.66. The first-order chi connectivity index (χ1) is 12.6. The molecular formula is C21H19FN2O2. The number of carbonyl (C=O) groups excluding carboxylic acids is 1. The molecule has 26 heavy (non-hydrogen) atoms. The van der Waals surface area contributed by atoms with E-state index in [0.717, 1.165) is 11.4 Å². The summed E-state index contributed by atoms with van der Waals surface area (Å²) in [7, 11) is 0. The molecule has 0 heterocycles. The first kappa shape index (κ1) is 17.5. The first-order valence-corrected chi connectivity index (χ1v) is 8.27. The quantitative estimate of drug-likeness (QED) is 0.653. The molecule has 5 heteroatoms. The minimum atomic E-state index is -0.532. The average molecular weight is 350 g/mol. The second kappa shape index (κ2) is 8.16. The Labute approximate surface area is 151 Å². The van der Waals surface area contributed by atoms with Crippen LogP contribution in [0.25, 0.3) is 0 Å². The van der Waals surface area contributed by atoms with Gasteiger partial charge in [-0.1, -0.05) is 30.3 Å². The summed E-state index contributed by atoms with van der Waals surface area (Å²) in [6.45, 7) is 1.71. The van der Waals surface area contributed by atoms with Crippen LogP contribution < -0.4 is 15.4 Å². The van der Waals surface area contributed by atoms with Crippen molar-refractivity contribution in [3.05, 3.63) is 84.7 Å². The molecule has 2 N–H and O–H groups in total. The SMILES string of the molecule is CC(Nc1ccc(Oc2ccccc2)cc1)C(=O)Nc1ccccc1F. The Morgan fingerprint density at radius 2 is 1.50 bits per heavy atom. The second-order valence-electron chi connectivity index (χ2n) is 5.77. The van der Waals surface area contributed by atoms with E-state index >= 15 is 0 Å². The molecule has 4 nitrogen and oxygen atoms in total. The maximum absolute atomic E-state index is 13.6. The van der Waals surface area contributed by atoms with Crippen molar-refractivity contribution in [3.63, 3.8) is 0 Å². The predicted octanol–water partition coefficient (Wildman–Crippen LogP) is 5.06. The fraction of sp³-hybridized carbons (Fsp3) is 0.0952. The zero-order valence-corrected chi connectivity index (χ0v) is 14.3. The summed E-state index contributed by atoms with van der Waals surface area (Å²) in [4.78, 5) is 12.2. The van der Waals surface area contributed by atoms with Crippen LogP contribution in [0.3, 0.4) is 0 Å². The number of carbonyl (C=O) groups is 1.